The number of fused-ring (bicyclic) bond motifs is 1. The van der Waals surface area contributed by atoms with Gasteiger partial charge in [-0.05, 0) is 23.8 Å². The average Bonchev–Trinajstić information content (AvgIpc) is 2.39. The first-order valence-corrected chi connectivity index (χ1v) is 5.60. The first-order valence-electron chi connectivity index (χ1n) is 5.60. The summed E-state index contributed by atoms with van der Waals surface area (Å²) < 4.78 is 19.2. The van der Waals surface area contributed by atoms with Crippen molar-refractivity contribution in [3.05, 3.63) is 48.3 Å². The summed E-state index contributed by atoms with van der Waals surface area (Å²) in [5, 5.41) is 3.24. The molecule has 2 aromatic carbocycles. The Morgan fingerprint density at radius 3 is 2.88 bits per heavy atom. The third kappa shape index (κ3) is 1.84. The predicted molar refractivity (Wildman–Crippen MR) is 65.8 cm³/mol. The molecule has 0 saturated carbocycles. The summed E-state index contributed by atoms with van der Waals surface area (Å²) in [7, 11) is 0. The molecule has 0 atom stereocenters. The van der Waals surface area contributed by atoms with Crippen LogP contribution in [0.3, 0.4) is 0 Å². The molecule has 0 unspecified atom stereocenters. The lowest BCUT2D eigenvalue weighted by atomic mass is 10.0. The van der Waals surface area contributed by atoms with Crippen molar-refractivity contribution >= 4 is 5.69 Å². The van der Waals surface area contributed by atoms with Gasteiger partial charge in [-0.25, -0.2) is 4.39 Å². The van der Waals surface area contributed by atoms with E-state index in [4.69, 9.17) is 4.74 Å². The summed E-state index contributed by atoms with van der Waals surface area (Å²) in [6.45, 7) is 1.46. The fourth-order valence-electron chi connectivity index (χ4n) is 2.00. The molecule has 3 rings (SSSR count). The lowest BCUT2D eigenvalue weighted by Gasteiger charge is -2.19. The maximum absolute atomic E-state index is 13.7. The molecule has 0 aromatic heterocycles. The van der Waals surface area contributed by atoms with Crippen molar-refractivity contribution in [2.45, 2.75) is 0 Å². The van der Waals surface area contributed by atoms with Gasteiger partial charge in [0.05, 0.1) is 5.69 Å². The van der Waals surface area contributed by atoms with Crippen LogP contribution in [0, 0.1) is 5.82 Å². The molecule has 1 aliphatic rings. The zero-order valence-electron chi connectivity index (χ0n) is 9.24. The van der Waals surface area contributed by atoms with E-state index in [1.807, 2.05) is 24.3 Å². The zero-order chi connectivity index (χ0) is 11.7. The maximum atomic E-state index is 13.7. The summed E-state index contributed by atoms with van der Waals surface area (Å²) in [6.07, 6.45) is 0. The molecule has 0 saturated heterocycles. The lowest BCUT2D eigenvalue weighted by molar-refractivity contribution is 0.323. The van der Waals surface area contributed by atoms with Gasteiger partial charge in [0.2, 0.25) is 0 Å². The molecule has 17 heavy (non-hydrogen) atoms. The molecular weight excluding hydrogens is 217 g/mol. The smallest absolute Gasteiger partial charge is 0.143 e. The summed E-state index contributed by atoms with van der Waals surface area (Å²) in [4.78, 5) is 0. The van der Waals surface area contributed by atoms with Crippen LogP contribution in [0.5, 0.6) is 5.75 Å². The molecule has 1 N–H and O–H groups in total. The van der Waals surface area contributed by atoms with Gasteiger partial charge in [0.1, 0.15) is 18.2 Å². The number of rotatable bonds is 1. The van der Waals surface area contributed by atoms with E-state index in [0.717, 1.165) is 23.5 Å². The lowest BCUT2D eigenvalue weighted by Crippen LogP contribution is -2.17. The van der Waals surface area contributed by atoms with Crippen molar-refractivity contribution in [1.82, 2.24) is 0 Å². The van der Waals surface area contributed by atoms with Gasteiger partial charge in [-0.15, -0.1) is 0 Å². The normalized spacial score (nSPS) is 13.5. The molecular formula is C14H12FNO. The number of hydrogen-bond acceptors (Lipinski definition) is 2. The summed E-state index contributed by atoms with van der Waals surface area (Å²) in [5.41, 5.74) is 2.41. The van der Waals surface area contributed by atoms with Gasteiger partial charge in [0.25, 0.3) is 0 Å². The van der Waals surface area contributed by atoms with Crippen LogP contribution < -0.4 is 10.1 Å². The Morgan fingerprint density at radius 2 is 2.00 bits per heavy atom. The van der Waals surface area contributed by atoms with Crippen LogP contribution in [0.15, 0.2) is 42.5 Å². The number of hydrogen-bond donors (Lipinski definition) is 1. The van der Waals surface area contributed by atoms with Crippen LogP contribution in [0.2, 0.25) is 0 Å². The van der Waals surface area contributed by atoms with Gasteiger partial charge in [-0.3, -0.25) is 0 Å². The van der Waals surface area contributed by atoms with Crippen molar-refractivity contribution in [1.29, 1.82) is 0 Å². The summed E-state index contributed by atoms with van der Waals surface area (Å²) in [6, 6.07) is 12.5. The SMILES string of the molecule is Fc1ccccc1-c1ccc2c(c1)OCCN2. The second kappa shape index (κ2) is 4.09. The van der Waals surface area contributed by atoms with Gasteiger partial charge in [0.15, 0.2) is 0 Å². The van der Waals surface area contributed by atoms with Crippen molar-refractivity contribution < 1.29 is 9.13 Å². The van der Waals surface area contributed by atoms with Gasteiger partial charge in [0, 0.05) is 12.1 Å². The van der Waals surface area contributed by atoms with Crippen molar-refractivity contribution in [2.24, 2.45) is 0 Å². The minimum Gasteiger partial charge on any atom is -0.490 e. The van der Waals surface area contributed by atoms with Crippen molar-refractivity contribution in [2.75, 3.05) is 18.5 Å². The maximum Gasteiger partial charge on any atom is 0.143 e. The molecule has 1 aliphatic heterocycles. The highest BCUT2D eigenvalue weighted by Crippen LogP contribution is 2.33. The summed E-state index contributed by atoms with van der Waals surface area (Å²) >= 11 is 0. The molecule has 3 heteroatoms. The third-order valence-electron chi connectivity index (χ3n) is 2.84. The monoisotopic (exact) mass is 229 g/mol. The van der Waals surface area contributed by atoms with Crippen LogP contribution in [-0.4, -0.2) is 13.2 Å². The van der Waals surface area contributed by atoms with E-state index in [0.29, 0.717) is 12.2 Å². The third-order valence-corrected chi connectivity index (χ3v) is 2.84. The second-order valence-electron chi connectivity index (χ2n) is 3.97. The van der Waals surface area contributed by atoms with Crippen molar-refractivity contribution in [3.63, 3.8) is 0 Å². The predicted octanol–water partition coefficient (Wildman–Crippen LogP) is 3.30. The topological polar surface area (TPSA) is 21.3 Å². The highest BCUT2D eigenvalue weighted by molar-refractivity contribution is 5.71. The summed E-state index contributed by atoms with van der Waals surface area (Å²) in [5.74, 6) is 0.577. The van der Waals surface area contributed by atoms with E-state index in [-0.39, 0.29) is 5.82 Å². The van der Waals surface area contributed by atoms with E-state index >= 15 is 0 Å². The second-order valence-corrected chi connectivity index (χ2v) is 3.97. The Hall–Kier alpha value is -2.03. The quantitative estimate of drug-likeness (QED) is 0.810. The van der Waals surface area contributed by atoms with E-state index in [2.05, 4.69) is 5.32 Å². The van der Waals surface area contributed by atoms with E-state index in [9.17, 15) is 4.39 Å². The average molecular weight is 229 g/mol. The Balaban J connectivity index is 2.07. The molecule has 2 aromatic rings. The molecule has 0 aliphatic carbocycles. The van der Waals surface area contributed by atoms with Crippen LogP contribution >= 0.6 is 0 Å². The van der Waals surface area contributed by atoms with E-state index < -0.39 is 0 Å². The first-order chi connectivity index (χ1) is 8.34. The first kappa shape index (κ1) is 10.1. The Morgan fingerprint density at radius 1 is 1.12 bits per heavy atom. The molecule has 0 radical (unpaired) electrons. The highest BCUT2D eigenvalue weighted by Gasteiger charge is 2.11. The molecule has 0 spiro atoms. The molecule has 86 valence electrons. The number of halogens is 1. The number of nitrogens with one attached hydrogen (secondary N) is 1. The Labute approximate surface area is 99.0 Å². The molecule has 2 nitrogen and oxygen atoms in total. The van der Waals surface area contributed by atoms with Gasteiger partial charge < -0.3 is 10.1 Å². The molecule has 0 bridgehead atoms. The fourth-order valence-corrected chi connectivity index (χ4v) is 2.00. The van der Waals surface area contributed by atoms with Crippen LogP contribution in [-0.2, 0) is 0 Å². The number of ether oxygens (including phenoxy) is 1. The fraction of sp³-hybridized carbons (Fsp3) is 0.143. The van der Waals surface area contributed by atoms with Crippen LogP contribution in [0.25, 0.3) is 11.1 Å². The van der Waals surface area contributed by atoms with E-state index in [1.165, 1.54) is 6.07 Å². The molecule has 1 heterocycles. The van der Waals surface area contributed by atoms with Crippen molar-refractivity contribution in [3.8, 4) is 16.9 Å². The molecule has 0 amide bonds. The largest absolute Gasteiger partial charge is 0.490 e. The van der Waals surface area contributed by atoms with Crippen LogP contribution in [0.4, 0.5) is 10.1 Å². The zero-order valence-corrected chi connectivity index (χ0v) is 9.24. The number of benzene rings is 2. The van der Waals surface area contributed by atoms with E-state index in [1.54, 1.807) is 12.1 Å². The van der Waals surface area contributed by atoms with Gasteiger partial charge >= 0.3 is 0 Å². The number of anilines is 1. The van der Waals surface area contributed by atoms with Gasteiger partial charge in [-0.2, -0.15) is 0 Å². The van der Waals surface area contributed by atoms with Gasteiger partial charge in [-0.1, -0.05) is 24.3 Å². The standard InChI is InChI=1S/C14H12FNO/c15-12-4-2-1-3-11(12)10-5-6-13-14(9-10)17-8-7-16-13/h1-6,9,16H,7-8H2. The highest BCUT2D eigenvalue weighted by atomic mass is 19.1. The molecule has 0 fully saturated rings. The minimum atomic E-state index is -0.212. The Bertz CT molecular complexity index is 554. The minimum absolute atomic E-state index is 0.212. The Kier molecular flexibility index (Phi) is 2.44. The van der Waals surface area contributed by atoms with Crippen LogP contribution in [0.1, 0.15) is 0 Å².